The molecule has 190 valence electrons. The number of hydrogen-bond acceptors (Lipinski definition) is 5. The van der Waals surface area contributed by atoms with Crippen molar-refractivity contribution in [3.63, 3.8) is 0 Å². The highest BCUT2D eigenvalue weighted by Gasteiger charge is 2.36. The maximum atomic E-state index is 13.8. The molecule has 0 bridgehead atoms. The second kappa shape index (κ2) is 11.6. The highest BCUT2D eigenvalue weighted by Crippen LogP contribution is 2.32. The fourth-order valence-corrected chi connectivity index (χ4v) is 5.33. The molecular formula is C29H37N5O2. The fraction of sp³-hybridized carbons (Fsp3) is 0.448. The van der Waals surface area contributed by atoms with Crippen molar-refractivity contribution >= 4 is 28.3 Å². The first-order valence-electron chi connectivity index (χ1n) is 13.1. The Morgan fingerprint density at radius 1 is 1.17 bits per heavy atom. The molecule has 0 radical (unpaired) electrons. The van der Waals surface area contributed by atoms with Gasteiger partial charge in [-0.05, 0) is 56.8 Å². The highest BCUT2D eigenvalue weighted by molar-refractivity contribution is 6.42. The van der Waals surface area contributed by atoms with Gasteiger partial charge in [0.15, 0.2) is 5.78 Å². The van der Waals surface area contributed by atoms with Crippen LogP contribution in [0.25, 0.3) is 22.0 Å². The molecule has 0 saturated heterocycles. The minimum absolute atomic E-state index is 0.0448. The summed E-state index contributed by atoms with van der Waals surface area (Å²) in [4.78, 5) is 34.3. The van der Waals surface area contributed by atoms with E-state index in [0.29, 0.717) is 6.42 Å². The Hall–Kier alpha value is -3.32. The first-order chi connectivity index (χ1) is 17.4. The van der Waals surface area contributed by atoms with Gasteiger partial charge in [-0.15, -0.1) is 0 Å². The van der Waals surface area contributed by atoms with Crippen LogP contribution < -0.4 is 10.6 Å². The molecule has 1 aliphatic carbocycles. The molecule has 3 aromatic rings. The van der Waals surface area contributed by atoms with E-state index in [-0.39, 0.29) is 29.2 Å². The second-order valence-corrected chi connectivity index (χ2v) is 9.89. The third-order valence-corrected chi connectivity index (χ3v) is 7.61. The number of H-pyrrole nitrogens is 1. The van der Waals surface area contributed by atoms with E-state index in [1.165, 1.54) is 0 Å². The Morgan fingerprint density at radius 2 is 1.92 bits per heavy atom. The van der Waals surface area contributed by atoms with Crippen LogP contribution in [0.2, 0.25) is 0 Å². The molecule has 2 heterocycles. The predicted molar refractivity (Wildman–Crippen MR) is 144 cm³/mol. The summed E-state index contributed by atoms with van der Waals surface area (Å²) in [6, 6.07) is 9.08. The van der Waals surface area contributed by atoms with E-state index in [4.69, 9.17) is 5.41 Å². The number of carbonyl (C=O) groups excluding carboxylic acids is 2. The quantitative estimate of drug-likeness (QED) is 0.302. The Labute approximate surface area is 213 Å². The molecule has 1 aromatic carbocycles. The van der Waals surface area contributed by atoms with Gasteiger partial charge in [0.1, 0.15) is 0 Å². The number of carbonyl (C=O) groups is 2. The molecule has 3 atom stereocenters. The van der Waals surface area contributed by atoms with Crippen molar-refractivity contribution in [2.45, 2.75) is 70.4 Å². The smallest absolute Gasteiger partial charge is 0.237 e. The van der Waals surface area contributed by atoms with E-state index in [9.17, 15) is 9.59 Å². The standard InChI is InChI=1S/C29H37N5O2/c1-4-22(20-14-21(16-32-15-20)24-17-33-25-13-9-8-12-23(24)25)26(30)28(35)27(19-10-6-5-7-11-19)34-29(36)18(2)31-3/h8-9,12-19,22,27,30-31,33H,4-7,10-11H2,1-3H3,(H,34,36)/t18-,22-,27-/m0/s1. The normalized spacial score (nSPS) is 16.9. The molecule has 7 heteroatoms. The van der Waals surface area contributed by atoms with Crippen LogP contribution in [0.3, 0.4) is 0 Å². The molecule has 36 heavy (non-hydrogen) atoms. The van der Waals surface area contributed by atoms with Crippen molar-refractivity contribution in [2.75, 3.05) is 7.05 Å². The Kier molecular flexibility index (Phi) is 8.31. The lowest BCUT2D eigenvalue weighted by Gasteiger charge is -2.32. The molecular weight excluding hydrogens is 450 g/mol. The van der Waals surface area contributed by atoms with Crippen LogP contribution in [0, 0.1) is 11.3 Å². The summed E-state index contributed by atoms with van der Waals surface area (Å²) in [7, 11) is 1.73. The van der Waals surface area contributed by atoms with Crippen LogP contribution in [0.4, 0.5) is 0 Å². The van der Waals surface area contributed by atoms with Gasteiger partial charge in [0.2, 0.25) is 5.91 Å². The number of amides is 1. The van der Waals surface area contributed by atoms with Gasteiger partial charge in [0.05, 0.1) is 17.8 Å². The zero-order chi connectivity index (χ0) is 25.7. The number of para-hydroxylation sites is 1. The van der Waals surface area contributed by atoms with Crippen molar-refractivity contribution in [3.8, 4) is 11.1 Å². The lowest BCUT2D eigenvalue weighted by molar-refractivity contribution is -0.127. The third-order valence-electron chi connectivity index (χ3n) is 7.61. The number of fused-ring (bicyclic) bond motifs is 1. The lowest BCUT2D eigenvalue weighted by Crippen LogP contribution is -2.53. The predicted octanol–water partition coefficient (Wildman–Crippen LogP) is 4.99. The SMILES string of the molecule is CC[C@H](C(=N)C(=O)[C@@H](NC(=O)[C@H](C)NC)C1CCCCC1)c1cncc(-c2c[nH]c3ccccc23)c1. The van der Waals surface area contributed by atoms with Crippen LogP contribution in [-0.4, -0.2) is 46.5 Å². The van der Waals surface area contributed by atoms with Crippen LogP contribution in [0.15, 0.2) is 48.9 Å². The van der Waals surface area contributed by atoms with E-state index in [1.54, 1.807) is 20.2 Å². The molecule has 1 saturated carbocycles. The number of likely N-dealkylation sites (N-methyl/N-ethyl adjacent to an activating group) is 1. The van der Waals surface area contributed by atoms with Gasteiger partial charge in [-0.1, -0.05) is 44.4 Å². The Bertz CT molecular complexity index is 1230. The molecule has 4 rings (SSSR count). The van der Waals surface area contributed by atoms with Gasteiger partial charge >= 0.3 is 0 Å². The van der Waals surface area contributed by atoms with E-state index >= 15 is 0 Å². The highest BCUT2D eigenvalue weighted by atomic mass is 16.2. The summed E-state index contributed by atoms with van der Waals surface area (Å²) in [5.41, 5.74) is 3.93. The average molecular weight is 488 g/mol. The number of Topliss-reactive ketones (excluding diaryl/α,β-unsaturated/α-hetero) is 1. The molecule has 0 unspecified atom stereocenters. The number of pyridine rings is 1. The largest absolute Gasteiger partial charge is 0.361 e. The number of nitrogens with one attached hydrogen (secondary N) is 4. The van der Waals surface area contributed by atoms with Crippen LogP contribution in [0.5, 0.6) is 0 Å². The summed E-state index contributed by atoms with van der Waals surface area (Å²) >= 11 is 0. The molecule has 1 aliphatic rings. The zero-order valence-corrected chi connectivity index (χ0v) is 21.4. The first-order valence-corrected chi connectivity index (χ1v) is 13.1. The summed E-state index contributed by atoms with van der Waals surface area (Å²) in [5.74, 6) is -0.805. The lowest BCUT2D eigenvalue weighted by atomic mass is 9.78. The summed E-state index contributed by atoms with van der Waals surface area (Å²) < 4.78 is 0. The van der Waals surface area contributed by atoms with E-state index in [0.717, 1.165) is 59.7 Å². The fourth-order valence-electron chi connectivity index (χ4n) is 5.33. The summed E-state index contributed by atoms with van der Waals surface area (Å²) in [5, 5.41) is 16.0. The number of hydrogen-bond donors (Lipinski definition) is 4. The van der Waals surface area contributed by atoms with Gasteiger partial charge in [-0.3, -0.25) is 14.6 Å². The summed E-state index contributed by atoms with van der Waals surface area (Å²) in [6.45, 7) is 3.77. The van der Waals surface area contributed by atoms with Gasteiger partial charge in [-0.25, -0.2) is 0 Å². The van der Waals surface area contributed by atoms with Crippen LogP contribution in [0.1, 0.15) is 63.9 Å². The van der Waals surface area contributed by atoms with Crippen molar-refractivity contribution in [1.29, 1.82) is 5.41 Å². The average Bonchev–Trinajstić information content (AvgIpc) is 3.36. The number of nitrogens with zero attached hydrogens (tertiary/aromatic N) is 1. The monoisotopic (exact) mass is 487 g/mol. The first kappa shape index (κ1) is 25.8. The van der Waals surface area contributed by atoms with Gasteiger partial charge < -0.3 is 21.0 Å². The maximum Gasteiger partial charge on any atom is 0.237 e. The van der Waals surface area contributed by atoms with Crippen molar-refractivity contribution in [1.82, 2.24) is 20.6 Å². The van der Waals surface area contributed by atoms with E-state index < -0.39 is 12.1 Å². The van der Waals surface area contributed by atoms with Gasteiger partial charge in [0, 0.05) is 46.5 Å². The second-order valence-electron chi connectivity index (χ2n) is 9.89. The number of benzene rings is 1. The molecule has 0 spiro atoms. The maximum absolute atomic E-state index is 13.8. The summed E-state index contributed by atoms with van der Waals surface area (Å²) in [6.07, 6.45) is 11.2. The molecule has 1 fully saturated rings. The van der Waals surface area contributed by atoms with E-state index in [1.807, 2.05) is 43.6 Å². The molecule has 2 aromatic heterocycles. The minimum atomic E-state index is -0.667. The van der Waals surface area contributed by atoms with Crippen LogP contribution >= 0.6 is 0 Å². The van der Waals surface area contributed by atoms with Crippen molar-refractivity contribution < 1.29 is 9.59 Å². The van der Waals surface area contributed by atoms with Gasteiger partial charge in [-0.2, -0.15) is 0 Å². The molecule has 1 amide bonds. The van der Waals surface area contributed by atoms with Crippen molar-refractivity contribution in [3.05, 3.63) is 54.5 Å². The van der Waals surface area contributed by atoms with Gasteiger partial charge in [0.25, 0.3) is 0 Å². The van der Waals surface area contributed by atoms with Crippen LogP contribution in [-0.2, 0) is 9.59 Å². The number of ketones is 1. The number of aromatic nitrogens is 2. The number of aromatic amines is 1. The minimum Gasteiger partial charge on any atom is -0.361 e. The molecule has 4 N–H and O–H groups in total. The Balaban J connectivity index is 1.61. The topological polar surface area (TPSA) is 111 Å². The zero-order valence-electron chi connectivity index (χ0n) is 21.4. The van der Waals surface area contributed by atoms with E-state index in [2.05, 4.69) is 26.7 Å². The molecule has 0 aliphatic heterocycles. The van der Waals surface area contributed by atoms with Crippen molar-refractivity contribution in [2.24, 2.45) is 5.92 Å². The third kappa shape index (κ3) is 5.41. The molecule has 7 nitrogen and oxygen atoms in total. The Morgan fingerprint density at radius 3 is 2.64 bits per heavy atom. The number of rotatable bonds is 10.